The fourth-order valence-corrected chi connectivity index (χ4v) is 3.49. The molecule has 0 N–H and O–H groups in total. The van der Waals surface area contributed by atoms with Gasteiger partial charge >= 0.3 is 0 Å². The molecule has 0 saturated carbocycles. The van der Waals surface area contributed by atoms with Crippen LogP contribution in [0, 0.1) is 8.80 Å². The van der Waals surface area contributed by atoms with E-state index in [-0.39, 0.29) is 5.91 Å². The molecule has 0 bridgehead atoms. The maximum Gasteiger partial charge on any atom is 0.254 e. The predicted octanol–water partition coefficient (Wildman–Crippen LogP) is 3.22. The van der Waals surface area contributed by atoms with Gasteiger partial charge in [0, 0.05) is 18.0 Å². The molecule has 0 aliphatic carbocycles. The molecule has 0 spiro atoms. The number of nitrogens with zero attached hydrogens (tertiary/aromatic N) is 1. The lowest BCUT2D eigenvalue weighted by Gasteiger charge is -2.20. The van der Waals surface area contributed by atoms with Gasteiger partial charge in [-0.05, 0) is 47.9 Å². The molecule has 2 rings (SSSR count). The van der Waals surface area contributed by atoms with Crippen LogP contribution in [0.1, 0.15) is 30.6 Å². The zero-order valence-electron chi connectivity index (χ0n) is 8.87. The summed E-state index contributed by atoms with van der Waals surface area (Å²) < 4.78 is 1.18. The van der Waals surface area contributed by atoms with Crippen LogP contribution in [0.2, 0.25) is 0 Å². The lowest BCUT2D eigenvalue weighted by atomic mass is 10.1. The van der Waals surface area contributed by atoms with Crippen molar-refractivity contribution < 1.29 is 4.79 Å². The summed E-state index contributed by atoms with van der Waals surface area (Å²) in [5, 5.41) is 1.96. The molecule has 0 aromatic carbocycles. The number of rotatable bonds is 1. The maximum absolute atomic E-state index is 12.1. The summed E-state index contributed by atoms with van der Waals surface area (Å²) in [4.78, 5) is 14.1. The molecule has 2 unspecified atom stereocenters. The SMILES string of the molecule is CC1CC(C)N(C(=O)c2csc(I)c2)C1. The molecule has 1 aromatic rings. The van der Waals surface area contributed by atoms with Gasteiger partial charge < -0.3 is 4.90 Å². The van der Waals surface area contributed by atoms with Crippen LogP contribution in [0.3, 0.4) is 0 Å². The molecule has 2 nitrogen and oxygen atoms in total. The van der Waals surface area contributed by atoms with Gasteiger partial charge in [-0.1, -0.05) is 6.92 Å². The van der Waals surface area contributed by atoms with Gasteiger partial charge in [-0.2, -0.15) is 0 Å². The van der Waals surface area contributed by atoms with Gasteiger partial charge in [0.25, 0.3) is 5.91 Å². The minimum Gasteiger partial charge on any atom is -0.336 e. The van der Waals surface area contributed by atoms with Crippen molar-refractivity contribution in [3.05, 3.63) is 19.9 Å². The Hall–Kier alpha value is -0.100. The minimum absolute atomic E-state index is 0.200. The van der Waals surface area contributed by atoms with Crippen molar-refractivity contribution in [3.8, 4) is 0 Å². The Morgan fingerprint density at radius 1 is 1.60 bits per heavy atom. The van der Waals surface area contributed by atoms with Crippen LogP contribution in [0.25, 0.3) is 0 Å². The average molecular weight is 335 g/mol. The van der Waals surface area contributed by atoms with Crippen molar-refractivity contribution in [2.24, 2.45) is 5.92 Å². The van der Waals surface area contributed by atoms with Crippen molar-refractivity contribution in [3.63, 3.8) is 0 Å². The molecule has 2 atom stereocenters. The van der Waals surface area contributed by atoms with Crippen LogP contribution >= 0.6 is 33.9 Å². The highest BCUT2D eigenvalue weighted by molar-refractivity contribution is 14.1. The van der Waals surface area contributed by atoms with Crippen LogP contribution in [0.15, 0.2) is 11.4 Å². The second-order valence-corrected chi connectivity index (χ2v) is 7.09. The highest BCUT2D eigenvalue weighted by atomic mass is 127. The molecular formula is C11H14INOS. The van der Waals surface area contributed by atoms with Gasteiger partial charge in [-0.15, -0.1) is 11.3 Å². The standard InChI is InChI=1S/C11H14INOS/c1-7-3-8(2)13(5-7)11(14)9-4-10(12)15-6-9/h4,6-8H,3,5H2,1-2H3. The molecule has 1 aromatic heterocycles. The van der Waals surface area contributed by atoms with Gasteiger partial charge in [0.1, 0.15) is 0 Å². The Labute approximate surface area is 108 Å². The second kappa shape index (κ2) is 4.41. The lowest BCUT2D eigenvalue weighted by Crippen LogP contribution is -2.33. The molecule has 15 heavy (non-hydrogen) atoms. The van der Waals surface area contributed by atoms with Crippen LogP contribution in [-0.4, -0.2) is 23.4 Å². The van der Waals surface area contributed by atoms with E-state index in [1.54, 1.807) is 11.3 Å². The molecule has 1 aliphatic heterocycles. The number of halogens is 1. The summed E-state index contributed by atoms with van der Waals surface area (Å²) in [7, 11) is 0. The first kappa shape index (κ1) is 11.4. The van der Waals surface area contributed by atoms with E-state index in [0.29, 0.717) is 12.0 Å². The summed E-state index contributed by atoms with van der Waals surface area (Å²) in [6.07, 6.45) is 1.13. The molecule has 4 heteroatoms. The van der Waals surface area contributed by atoms with Crippen molar-refractivity contribution in [1.82, 2.24) is 4.90 Å². The second-order valence-electron chi connectivity index (χ2n) is 4.29. The van der Waals surface area contributed by atoms with E-state index < -0.39 is 0 Å². The summed E-state index contributed by atoms with van der Waals surface area (Å²) in [5.41, 5.74) is 0.852. The fourth-order valence-electron chi connectivity index (χ4n) is 2.17. The summed E-state index contributed by atoms with van der Waals surface area (Å²) in [6.45, 7) is 5.26. The number of likely N-dealkylation sites (tertiary alicyclic amines) is 1. The maximum atomic E-state index is 12.1. The Kier molecular flexibility index (Phi) is 3.35. The van der Waals surface area contributed by atoms with E-state index in [2.05, 4.69) is 36.4 Å². The quantitative estimate of drug-likeness (QED) is 0.722. The highest BCUT2D eigenvalue weighted by Crippen LogP contribution is 2.26. The Morgan fingerprint density at radius 3 is 2.80 bits per heavy atom. The average Bonchev–Trinajstić information content (AvgIpc) is 2.71. The number of hydrogen-bond acceptors (Lipinski definition) is 2. The van der Waals surface area contributed by atoms with Gasteiger partial charge in [0.15, 0.2) is 0 Å². The minimum atomic E-state index is 0.200. The lowest BCUT2D eigenvalue weighted by molar-refractivity contribution is 0.0744. The van der Waals surface area contributed by atoms with E-state index in [4.69, 9.17) is 0 Å². The fraction of sp³-hybridized carbons (Fsp3) is 0.545. The monoisotopic (exact) mass is 335 g/mol. The first-order valence-electron chi connectivity index (χ1n) is 5.13. The zero-order valence-corrected chi connectivity index (χ0v) is 11.8. The highest BCUT2D eigenvalue weighted by Gasteiger charge is 2.30. The molecule has 2 heterocycles. The number of carbonyl (C=O) groups excluding carboxylic acids is 1. The first-order valence-corrected chi connectivity index (χ1v) is 7.08. The third kappa shape index (κ3) is 2.36. The van der Waals surface area contributed by atoms with Crippen molar-refractivity contribution in [2.75, 3.05) is 6.54 Å². The van der Waals surface area contributed by atoms with E-state index >= 15 is 0 Å². The third-order valence-corrected chi connectivity index (χ3v) is 4.65. The molecule has 1 amide bonds. The summed E-state index contributed by atoms with van der Waals surface area (Å²) in [6, 6.07) is 2.37. The Morgan fingerprint density at radius 2 is 2.33 bits per heavy atom. The Balaban J connectivity index is 2.15. The molecule has 82 valence electrons. The van der Waals surface area contributed by atoms with Crippen LogP contribution in [0.5, 0.6) is 0 Å². The van der Waals surface area contributed by atoms with Gasteiger partial charge in [0.2, 0.25) is 0 Å². The summed E-state index contributed by atoms with van der Waals surface area (Å²) in [5.74, 6) is 0.840. The van der Waals surface area contributed by atoms with E-state index in [0.717, 1.165) is 18.5 Å². The van der Waals surface area contributed by atoms with E-state index in [1.807, 2.05) is 16.3 Å². The topological polar surface area (TPSA) is 20.3 Å². The summed E-state index contributed by atoms with van der Waals surface area (Å²) >= 11 is 3.89. The van der Waals surface area contributed by atoms with Crippen molar-refractivity contribution >= 4 is 39.8 Å². The number of carbonyl (C=O) groups is 1. The first-order chi connectivity index (χ1) is 7.08. The smallest absolute Gasteiger partial charge is 0.254 e. The molecule has 1 saturated heterocycles. The molecular weight excluding hydrogens is 321 g/mol. The van der Waals surface area contributed by atoms with Crippen LogP contribution < -0.4 is 0 Å². The van der Waals surface area contributed by atoms with Gasteiger partial charge in [-0.3, -0.25) is 4.79 Å². The van der Waals surface area contributed by atoms with Crippen molar-refractivity contribution in [2.45, 2.75) is 26.3 Å². The number of hydrogen-bond donors (Lipinski definition) is 0. The normalized spacial score (nSPS) is 25.9. The molecule has 0 radical (unpaired) electrons. The van der Waals surface area contributed by atoms with Crippen molar-refractivity contribution in [1.29, 1.82) is 0 Å². The van der Waals surface area contributed by atoms with Gasteiger partial charge in [0.05, 0.1) is 8.45 Å². The zero-order chi connectivity index (χ0) is 11.0. The van der Waals surface area contributed by atoms with E-state index in [9.17, 15) is 4.79 Å². The molecule has 1 aliphatic rings. The number of amides is 1. The number of thiophene rings is 1. The van der Waals surface area contributed by atoms with Crippen LogP contribution in [-0.2, 0) is 0 Å². The third-order valence-electron chi connectivity index (χ3n) is 2.86. The molecule has 1 fully saturated rings. The van der Waals surface area contributed by atoms with E-state index in [1.165, 1.54) is 2.88 Å². The van der Waals surface area contributed by atoms with Gasteiger partial charge in [-0.25, -0.2) is 0 Å². The largest absolute Gasteiger partial charge is 0.336 e. The van der Waals surface area contributed by atoms with Crippen LogP contribution in [0.4, 0.5) is 0 Å². The Bertz CT molecular complexity index is 376. The predicted molar refractivity (Wildman–Crippen MR) is 71.3 cm³/mol.